The largest absolute Gasteiger partial charge is 0.465 e. The quantitative estimate of drug-likeness (QED) is 0.763. The van der Waals surface area contributed by atoms with Gasteiger partial charge in [-0.3, -0.25) is 0 Å². The number of hydrogen-bond donors (Lipinski definition) is 1. The Morgan fingerprint density at radius 2 is 1.85 bits per heavy atom. The first kappa shape index (κ1) is 21.4. The zero-order valence-corrected chi connectivity index (χ0v) is 16.6. The van der Waals surface area contributed by atoms with E-state index in [0.29, 0.717) is 19.6 Å². The van der Waals surface area contributed by atoms with Crippen LogP contribution in [0.3, 0.4) is 0 Å². The molecule has 0 aromatic heterocycles. The molecule has 2 aromatic carbocycles. The molecule has 2 atom stereocenters. The van der Waals surface area contributed by atoms with E-state index in [1.165, 1.54) is 29.6 Å². The third-order valence-corrected chi connectivity index (χ3v) is 6.66. The molecule has 1 aliphatic heterocycles. The molecule has 6 nitrogen and oxygen atoms in total. The second-order valence-corrected chi connectivity index (χ2v) is 8.29. The maximum absolute atomic E-state index is 13.1. The third kappa shape index (κ3) is 4.32. The molecule has 27 heavy (non-hydrogen) atoms. The van der Waals surface area contributed by atoms with Crippen LogP contribution in [-0.2, 0) is 14.8 Å². The lowest BCUT2D eigenvalue weighted by molar-refractivity contribution is 0.0600. The van der Waals surface area contributed by atoms with Crippen molar-refractivity contribution in [1.29, 1.82) is 0 Å². The van der Waals surface area contributed by atoms with Crippen LogP contribution < -0.4 is 5.73 Å². The van der Waals surface area contributed by atoms with Gasteiger partial charge in [0, 0.05) is 19.0 Å². The standard InChI is InChI=1S/C19H22N2O4S.ClH/c1-25-19(22)15-8-5-9-17(10-15)26(23,24)21-12-16(11-20)18(13-21)14-6-3-2-4-7-14;/h2-10,16,18H,11-13,20H2,1H3;1H/t16-,18+;/m1./s1. The Morgan fingerprint density at radius 3 is 2.48 bits per heavy atom. The molecule has 3 rings (SSSR count). The number of nitrogens with two attached hydrogens (primary N) is 1. The topological polar surface area (TPSA) is 89.7 Å². The molecule has 1 heterocycles. The maximum atomic E-state index is 13.1. The summed E-state index contributed by atoms with van der Waals surface area (Å²) >= 11 is 0. The van der Waals surface area contributed by atoms with Crippen molar-refractivity contribution in [3.8, 4) is 0 Å². The summed E-state index contributed by atoms with van der Waals surface area (Å²) in [5.74, 6) is -0.457. The molecule has 8 heteroatoms. The zero-order chi connectivity index (χ0) is 18.7. The van der Waals surface area contributed by atoms with Crippen molar-refractivity contribution in [3.05, 3.63) is 65.7 Å². The highest BCUT2D eigenvalue weighted by Gasteiger charge is 2.39. The first-order valence-corrected chi connectivity index (χ1v) is 9.85. The Labute approximate surface area is 165 Å². The predicted molar refractivity (Wildman–Crippen MR) is 106 cm³/mol. The third-order valence-electron chi connectivity index (χ3n) is 4.83. The minimum Gasteiger partial charge on any atom is -0.465 e. The number of halogens is 1. The monoisotopic (exact) mass is 410 g/mol. The lowest BCUT2D eigenvalue weighted by atomic mass is 9.89. The highest BCUT2D eigenvalue weighted by atomic mass is 35.5. The molecule has 2 aromatic rings. The van der Waals surface area contributed by atoms with Gasteiger partial charge in [0.2, 0.25) is 10.0 Å². The minimum atomic E-state index is -3.72. The van der Waals surface area contributed by atoms with Crippen molar-refractivity contribution in [2.45, 2.75) is 10.8 Å². The summed E-state index contributed by atoms with van der Waals surface area (Å²) in [5, 5.41) is 0. The zero-order valence-electron chi connectivity index (χ0n) is 14.9. The summed E-state index contributed by atoms with van der Waals surface area (Å²) in [7, 11) is -2.45. The molecule has 0 radical (unpaired) electrons. The van der Waals surface area contributed by atoms with Crippen LogP contribution in [0.2, 0.25) is 0 Å². The van der Waals surface area contributed by atoms with Crippen LogP contribution in [-0.4, -0.2) is 45.4 Å². The number of esters is 1. The lowest BCUT2D eigenvalue weighted by Crippen LogP contribution is -2.30. The second kappa shape index (κ2) is 8.84. The summed E-state index contributed by atoms with van der Waals surface area (Å²) in [5.41, 5.74) is 7.20. The number of methoxy groups -OCH3 is 1. The molecule has 0 aliphatic carbocycles. The fourth-order valence-electron chi connectivity index (χ4n) is 3.40. The summed E-state index contributed by atoms with van der Waals surface area (Å²) < 4.78 is 32.3. The van der Waals surface area contributed by atoms with E-state index in [2.05, 4.69) is 4.74 Å². The van der Waals surface area contributed by atoms with Gasteiger partial charge in [0.05, 0.1) is 17.6 Å². The van der Waals surface area contributed by atoms with Crippen LogP contribution >= 0.6 is 12.4 Å². The Morgan fingerprint density at radius 1 is 1.15 bits per heavy atom. The first-order valence-electron chi connectivity index (χ1n) is 8.41. The van der Waals surface area contributed by atoms with Crippen LogP contribution in [0.5, 0.6) is 0 Å². The van der Waals surface area contributed by atoms with Crippen molar-refractivity contribution < 1.29 is 17.9 Å². The van der Waals surface area contributed by atoms with Crippen molar-refractivity contribution in [2.75, 3.05) is 26.7 Å². The number of rotatable bonds is 5. The van der Waals surface area contributed by atoms with E-state index in [4.69, 9.17) is 5.73 Å². The maximum Gasteiger partial charge on any atom is 0.337 e. The summed E-state index contributed by atoms with van der Waals surface area (Å²) in [6.07, 6.45) is 0. The van der Waals surface area contributed by atoms with Gasteiger partial charge in [-0.25, -0.2) is 13.2 Å². The van der Waals surface area contributed by atoms with E-state index in [1.807, 2.05) is 30.3 Å². The van der Waals surface area contributed by atoms with Gasteiger partial charge in [-0.15, -0.1) is 12.4 Å². The number of benzene rings is 2. The van der Waals surface area contributed by atoms with Gasteiger partial charge >= 0.3 is 5.97 Å². The smallest absolute Gasteiger partial charge is 0.337 e. The number of hydrogen-bond acceptors (Lipinski definition) is 5. The van der Waals surface area contributed by atoms with Gasteiger partial charge in [-0.1, -0.05) is 36.4 Å². The molecule has 0 unspecified atom stereocenters. The Hall–Kier alpha value is -1.93. The van der Waals surface area contributed by atoms with E-state index in [1.54, 1.807) is 6.07 Å². The summed E-state index contributed by atoms with van der Waals surface area (Å²) in [4.78, 5) is 11.8. The fourth-order valence-corrected chi connectivity index (χ4v) is 4.96. The van der Waals surface area contributed by atoms with Crippen LogP contribution in [0.15, 0.2) is 59.5 Å². The molecule has 146 valence electrons. The number of ether oxygens (including phenoxy) is 1. The molecule has 0 amide bonds. The van der Waals surface area contributed by atoms with Crippen LogP contribution in [0.25, 0.3) is 0 Å². The van der Waals surface area contributed by atoms with Crippen molar-refractivity contribution >= 4 is 28.4 Å². The number of sulfonamides is 1. The van der Waals surface area contributed by atoms with E-state index < -0.39 is 16.0 Å². The van der Waals surface area contributed by atoms with E-state index in [0.717, 1.165) is 5.56 Å². The Kier molecular flexibility index (Phi) is 7.00. The van der Waals surface area contributed by atoms with Crippen molar-refractivity contribution in [3.63, 3.8) is 0 Å². The van der Waals surface area contributed by atoms with E-state index in [-0.39, 0.29) is 34.7 Å². The molecule has 2 N–H and O–H groups in total. The molecule has 0 saturated carbocycles. The van der Waals surface area contributed by atoms with Gasteiger partial charge in [0.25, 0.3) is 0 Å². The molecule has 1 fully saturated rings. The van der Waals surface area contributed by atoms with Crippen molar-refractivity contribution in [1.82, 2.24) is 4.31 Å². The molecule has 1 saturated heterocycles. The normalized spacial score (nSPS) is 20.1. The Balaban J connectivity index is 0.00000261. The fraction of sp³-hybridized carbons (Fsp3) is 0.316. The average molecular weight is 411 g/mol. The average Bonchev–Trinajstić information content (AvgIpc) is 3.13. The second-order valence-electron chi connectivity index (χ2n) is 6.35. The Bertz CT molecular complexity index is 890. The molecular formula is C19H23ClN2O4S. The van der Waals surface area contributed by atoms with Crippen LogP contribution in [0.4, 0.5) is 0 Å². The van der Waals surface area contributed by atoms with Gasteiger partial charge in [-0.2, -0.15) is 4.31 Å². The SMILES string of the molecule is COC(=O)c1cccc(S(=O)(=O)N2C[C@@H](CN)[C@H](c3ccccc3)C2)c1.Cl. The summed E-state index contributed by atoms with van der Waals surface area (Å²) in [6.45, 7) is 1.14. The number of nitrogens with zero attached hydrogens (tertiary/aromatic N) is 1. The predicted octanol–water partition coefficient (Wildman–Crippen LogP) is 2.26. The number of carbonyl (C=O) groups excluding carboxylic acids is 1. The van der Waals surface area contributed by atoms with Crippen LogP contribution in [0.1, 0.15) is 21.8 Å². The van der Waals surface area contributed by atoms with Gasteiger partial charge < -0.3 is 10.5 Å². The van der Waals surface area contributed by atoms with Gasteiger partial charge in [0.1, 0.15) is 0 Å². The van der Waals surface area contributed by atoms with Crippen LogP contribution in [0, 0.1) is 5.92 Å². The van der Waals surface area contributed by atoms with E-state index in [9.17, 15) is 13.2 Å². The summed E-state index contributed by atoms with van der Waals surface area (Å²) in [6, 6.07) is 15.8. The van der Waals surface area contributed by atoms with E-state index >= 15 is 0 Å². The van der Waals surface area contributed by atoms with Gasteiger partial charge in [-0.05, 0) is 36.2 Å². The van der Waals surface area contributed by atoms with Crippen molar-refractivity contribution in [2.24, 2.45) is 11.7 Å². The van der Waals surface area contributed by atoms with Gasteiger partial charge in [0.15, 0.2) is 0 Å². The molecule has 1 aliphatic rings. The molecule has 0 spiro atoms. The lowest BCUT2D eigenvalue weighted by Gasteiger charge is -2.17. The molecule has 0 bridgehead atoms. The number of carbonyl (C=O) groups is 1. The highest BCUT2D eigenvalue weighted by Crippen LogP contribution is 2.35. The first-order chi connectivity index (χ1) is 12.5. The highest BCUT2D eigenvalue weighted by molar-refractivity contribution is 7.89. The molecular weight excluding hydrogens is 388 g/mol. The minimum absolute atomic E-state index is 0.